The van der Waals surface area contributed by atoms with Crippen LogP contribution in [0.1, 0.15) is 35.5 Å². The van der Waals surface area contributed by atoms with Crippen LogP contribution in [0.25, 0.3) is 5.65 Å². The first-order valence-corrected chi connectivity index (χ1v) is 10.2. The number of halogens is 3. The number of nitrogens with zero attached hydrogens (tertiary/aromatic N) is 7. The largest absolute Gasteiger partial charge is 0.389 e. The van der Waals surface area contributed by atoms with Crippen molar-refractivity contribution in [3.8, 4) is 6.07 Å². The minimum absolute atomic E-state index is 0.0851. The molecule has 5 rings (SSSR count). The van der Waals surface area contributed by atoms with Crippen LogP contribution in [0.2, 0.25) is 5.15 Å². The molecule has 0 radical (unpaired) electrons. The highest BCUT2D eigenvalue weighted by Gasteiger charge is 2.35. The quantitative estimate of drug-likeness (QED) is 0.619. The van der Waals surface area contributed by atoms with Gasteiger partial charge < -0.3 is 14.9 Å². The fourth-order valence-corrected chi connectivity index (χ4v) is 4.46. The maximum absolute atomic E-state index is 13.6. The summed E-state index contributed by atoms with van der Waals surface area (Å²) in [5, 5.41) is 23.9. The summed E-state index contributed by atoms with van der Waals surface area (Å²) in [6, 6.07) is 5.42. The van der Waals surface area contributed by atoms with Crippen LogP contribution < -0.4 is 9.80 Å². The molecule has 2 aliphatic rings. The topological polar surface area (TPSA) is 93.6 Å². The molecule has 2 aliphatic heterocycles. The second-order valence-corrected chi connectivity index (χ2v) is 8.08. The van der Waals surface area contributed by atoms with Crippen molar-refractivity contribution in [3.63, 3.8) is 0 Å². The molecule has 3 aromatic rings. The van der Waals surface area contributed by atoms with E-state index in [0.29, 0.717) is 42.0 Å². The third-order valence-electron chi connectivity index (χ3n) is 5.67. The van der Waals surface area contributed by atoms with E-state index in [-0.39, 0.29) is 11.2 Å². The lowest BCUT2D eigenvalue weighted by Gasteiger charge is -2.41. The number of rotatable bonds is 3. The van der Waals surface area contributed by atoms with E-state index in [0.717, 1.165) is 24.2 Å². The SMILES string of the molecule is Cc1nc2c(C#N)c(C(F)F)nn2c(N2CC(O)C2)c1N1CCCc2nc(Cl)ccc21. The number of β-amino-alcohol motifs (C(OH)–C–C–N with tert-alkyl or cyclic N) is 1. The number of aliphatic hydroxyl groups excluding tert-OH is 1. The van der Waals surface area contributed by atoms with Gasteiger partial charge in [0.05, 0.1) is 23.2 Å². The molecular formula is C20H18ClF2N7O. The van der Waals surface area contributed by atoms with Crippen LogP contribution in [0.15, 0.2) is 12.1 Å². The summed E-state index contributed by atoms with van der Waals surface area (Å²) in [6.07, 6.45) is -1.83. The van der Waals surface area contributed by atoms with Crippen molar-refractivity contribution < 1.29 is 13.9 Å². The number of hydrogen-bond donors (Lipinski definition) is 1. The maximum Gasteiger partial charge on any atom is 0.283 e. The monoisotopic (exact) mass is 445 g/mol. The number of aromatic nitrogens is 4. The van der Waals surface area contributed by atoms with Crippen molar-refractivity contribution in [3.05, 3.63) is 39.9 Å². The van der Waals surface area contributed by atoms with Gasteiger partial charge in [-0.05, 0) is 31.9 Å². The first-order chi connectivity index (χ1) is 14.9. The number of alkyl halides is 2. The van der Waals surface area contributed by atoms with Crippen LogP contribution >= 0.6 is 11.6 Å². The molecule has 31 heavy (non-hydrogen) atoms. The molecule has 0 bridgehead atoms. The number of anilines is 3. The van der Waals surface area contributed by atoms with Gasteiger partial charge >= 0.3 is 0 Å². The lowest BCUT2D eigenvalue weighted by atomic mass is 10.1. The average molecular weight is 446 g/mol. The second kappa shape index (κ2) is 7.28. The minimum Gasteiger partial charge on any atom is -0.389 e. The third-order valence-corrected chi connectivity index (χ3v) is 5.88. The molecule has 1 fully saturated rings. The number of fused-ring (bicyclic) bond motifs is 2. The Morgan fingerprint density at radius 2 is 2.06 bits per heavy atom. The number of nitriles is 1. The molecule has 160 valence electrons. The van der Waals surface area contributed by atoms with Crippen molar-refractivity contribution in [1.29, 1.82) is 5.26 Å². The first kappa shape index (κ1) is 19.9. The van der Waals surface area contributed by atoms with Crippen LogP contribution in [0, 0.1) is 18.3 Å². The van der Waals surface area contributed by atoms with Gasteiger partial charge in [0.25, 0.3) is 6.43 Å². The Morgan fingerprint density at radius 3 is 2.74 bits per heavy atom. The number of aliphatic hydroxyl groups is 1. The molecule has 0 aliphatic carbocycles. The molecule has 0 atom stereocenters. The Kier molecular flexibility index (Phi) is 4.68. The summed E-state index contributed by atoms with van der Waals surface area (Å²) in [4.78, 5) is 12.9. The molecule has 0 unspecified atom stereocenters. The van der Waals surface area contributed by atoms with Gasteiger partial charge in [-0.3, -0.25) is 0 Å². The van der Waals surface area contributed by atoms with Crippen molar-refractivity contribution in [2.45, 2.75) is 32.3 Å². The van der Waals surface area contributed by atoms with E-state index in [2.05, 4.69) is 15.1 Å². The van der Waals surface area contributed by atoms with Gasteiger partial charge in [0, 0.05) is 19.6 Å². The van der Waals surface area contributed by atoms with Crippen LogP contribution in [0.4, 0.5) is 26.0 Å². The summed E-state index contributed by atoms with van der Waals surface area (Å²) in [5.41, 5.74) is 2.23. The molecule has 8 nitrogen and oxygen atoms in total. The Balaban J connectivity index is 1.79. The Labute approximate surface area is 181 Å². The third kappa shape index (κ3) is 3.07. The zero-order valence-electron chi connectivity index (χ0n) is 16.6. The van der Waals surface area contributed by atoms with Gasteiger partial charge in [0.1, 0.15) is 28.2 Å². The molecule has 1 N–H and O–H groups in total. The summed E-state index contributed by atoms with van der Waals surface area (Å²) in [6.45, 7) is 3.11. The number of pyridine rings is 1. The molecule has 0 amide bonds. The Morgan fingerprint density at radius 1 is 1.29 bits per heavy atom. The normalized spacial score (nSPS) is 16.5. The molecule has 3 aromatic heterocycles. The molecule has 0 spiro atoms. The van der Waals surface area contributed by atoms with Gasteiger partial charge in [-0.2, -0.15) is 14.9 Å². The smallest absolute Gasteiger partial charge is 0.283 e. The zero-order valence-corrected chi connectivity index (χ0v) is 17.3. The van der Waals surface area contributed by atoms with Crippen LogP contribution in [0.3, 0.4) is 0 Å². The van der Waals surface area contributed by atoms with E-state index in [1.165, 1.54) is 4.52 Å². The van der Waals surface area contributed by atoms with Gasteiger partial charge in [0.2, 0.25) is 0 Å². The Hall–Kier alpha value is -3.03. The average Bonchev–Trinajstić information content (AvgIpc) is 3.08. The molecule has 5 heterocycles. The van der Waals surface area contributed by atoms with Crippen LogP contribution in [-0.2, 0) is 6.42 Å². The van der Waals surface area contributed by atoms with Gasteiger partial charge in [0.15, 0.2) is 11.5 Å². The lowest BCUT2D eigenvalue weighted by Crippen LogP contribution is -2.52. The molecule has 0 saturated carbocycles. The predicted octanol–water partition coefficient (Wildman–Crippen LogP) is 3.16. The lowest BCUT2D eigenvalue weighted by molar-refractivity contribution is 0.140. The van der Waals surface area contributed by atoms with Gasteiger partial charge in [-0.15, -0.1) is 0 Å². The van der Waals surface area contributed by atoms with Crippen molar-refractivity contribution >= 4 is 34.4 Å². The van der Waals surface area contributed by atoms with Crippen molar-refractivity contribution in [1.82, 2.24) is 19.6 Å². The van der Waals surface area contributed by atoms with Crippen LogP contribution in [0.5, 0.6) is 0 Å². The molecule has 0 aromatic carbocycles. The zero-order chi connectivity index (χ0) is 21.9. The summed E-state index contributed by atoms with van der Waals surface area (Å²) in [7, 11) is 0. The Bertz CT molecular complexity index is 1230. The summed E-state index contributed by atoms with van der Waals surface area (Å²) >= 11 is 6.08. The van der Waals surface area contributed by atoms with Crippen molar-refractivity contribution in [2.75, 3.05) is 29.4 Å². The fourth-order valence-electron chi connectivity index (χ4n) is 4.29. The summed E-state index contributed by atoms with van der Waals surface area (Å²) in [5.74, 6) is 0.527. The predicted molar refractivity (Wildman–Crippen MR) is 110 cm³/mol. The van der Waals surface area contributed by atoms with Crippen LogP contribution in [-0.4, -0.2) is 50.4 Å². The highest BCUT2D eigenvalue weighted by atomic mass is 35.5. The number of aryl methyl sites for hydroxylation is 2. The van der Waals surface area contributed by atoms with Gasteiger partial charge in [-0.25, -0.2) is 18.7 Å². The number of hydrogen-bond acceptors (Lipinski definition) is 7. The molecule has 11 heteroatoms. The van der Waals surface area contributed by atoms with E-state index < -0.39 is 18.2 Å². The van der Waals surface area contributed by atoms with Crippen molar-refractivity contribution in [2.24, 2.45) is 0 Å². The highest BCUT2D eigenvalue weighted by Crippen LogP contribution is 2.42. The van der Waals surface area contributed by atoms with E-state index in [1.807, 2.05) is 21.9 Å². The van der Waals surface area contributed by atoms with E-state index >= 15 is 0 Å². The maximum atomic E-state index is 13.6. The molecule has 1 saturated heterocycles. The minimum atomic E-state index is -2.91. The first-order valence-electron chi connectivity index (χ1n) is 9.86. The highest BCUT2D eigenvalue weighted by molar-refractivity contribution is 6.29. The second-order valence-electron chi connectivity index (χ2n) is 7.69. The van der Waals surface area contributed by atoms with Gasteiger partial charge in [-0.1, -0.05) is 11.6 Å². The van der Waals surface area contributed by atoms with E-state index in [4.69, 9.17) is 11.6 Å². The fraction of sp³-hybridized carbons (Fsp3) is 0.400. The van der Waals surface area contributed by atoms with E-state index in [1.54, 1.807) is 13.0 Å². The van der Waals surface area contributed by atoms with E-state index in [9.17, 15) is 19.1 Å². The molecular weight excluding hydrogens is 428 g/mol. The standard InChI is InChI=1S/C20H18ClF2N7O/c1-10-17(29-6-2-3-13-14(29)4-5-15(21)26-13)20(28-8-11(31)9-28)30-19(25-10)12(7-24)16(27-30)18(22)23/h4-5,11,18,31H,2-3,6,8-9H2,1H3. The summed E-state index contributed by atoms with van der Waals surface area (Å²) < 4.78 is 28.5.